The molecule has 45 nitrogen and oxygen atoms in total. The maximum absolute atomic E-state index is 12.7. The van der Waals surface area contributed by atoms with Crippen LogP contribution in [0.1, 0.15) is 27.9 Å². The fourth-order valence-corrected chi connectivity index (χ4v) is 11.4. The van der Waals surface area contributed by atoms with E-state index in [2.05, 4.69) is 26.7 Å². The predicted molar refractivity (Wildman–Crippen MR) is 272 cm³/mol. The molecular formula is C40H50N4O41S5. The van der Waals surface area contributed by atoms with Gasteiger partial charge in [-0.05, 0) is 12.1 Å². The third kappa shape index (κ3) is 18.9. The first-order valence-corrected chi connectivity index (χ1v) is 31.1. The molecule has 0 bridgehead atoms. The number of aromatic nitrogens is 2. The van der Waals surface area contributed by atoms with Gasteiger partial charge in [-0.1, -0.05) is 24.3 Å². The van der Waals surface area contributed by atoms with Gasteiger partial charge in [-0.3, -0.25) is 27.6 Å². The van der Waals surface area contributed by atoms with Crippen molar-refractivity contribution < 1.29 is 190 Å². The fourth-order valence-electron chi connectivity index (χ4n) is 9.06. The topological polar surface area (TPSA) is 711 Å². The van der Waals surface area contributed by atoms with Gasteiger partial charge >= 0.3 is 75.8 Å². The smallest absolute Gasteiger partial charge is 0.397 e. The molecule has 1 amide bonds. The zero-order chi connectivity index (χ0) is 67.7. The zero-order valence-electron chi connectivity index (χ0n) is 44.2. The van der Waals surface area contributed by atoms with E-state index in [0.29, 0.717) is 21.8 Å². The van der Waals surface area contributed by atoms with Crippen LogP contribution in [0.25, 0.3) is 21.8 Å². The standard InChI is InChI=1S/C26H42N2O37S5.C14H8N2O4/c1-4(30)27-7-9(31)13(6(56-23(7)39)3-55-67(43,44)45)58-26-19(65-70(52,53)54)12(34)16(20(62-26)22(37)38)60-24-8(28-66(40,41)42)15(63-68(46,47)48)14(5(2-29)57-24)59-25-18(64-69(49,50)51)11(33)10(32)17(61-25)21(35)36;17-13(18)9-5-3-7-1-2-8-4-6-10(14(19)20)16-12(8)11(7)15-9/h5-20,23-26,28-29,31-34,39H,2-3H2,1H3,(H,27,30)(H,35,36)(H,37,38)(H,40,41,42)(H,43,44,45)(H,46,47,48)(H,49,50,51)(H,52,53,54);1-6H,(H,17,18)(H,19,20)/t5-,6+,7-,8-,9-,10-,11-,12+,13-,14-,15-,16+,17-,18+,19-,20+,23-,24+,25+,26-;/m1./s1. The van der Waals surface area contributed by atoms with Gasteiger partial charge in [0.15, 0.2) is 49.6 Å². The van der Waals surface area contributed by atoms with Crippen LogP contribution in [-0.2, 0) is 116 Å². The van der Waals surface area contributed by atoms with E-state index in [1.165, 1.54) is 16.9 Å². The number of carboxylic acid groups (broad SMARTS) is 4. The summed E-state index contributed by atoms with van der Waals surface area (Å²) in [5.41, 5.74) is 0.552. The van der Waals surface area contributed by atoms with Gasteiger partial charge in [0.05, 0.1) is 24.2 Å². The zero-order valence-corrected chi connectivity index (χ0v) is 48.3. The number of carbonyl (C=O) groups is 5. The summed E-state index contributed by atoms with van der Waals surface area (Å²) in [5, 5.41) is 105. The van der Waals surface area contributed by atoms with Crippen LogP contribution in [-0.4, -0.2) is 292 Å². The van der Waals surface area contributed by atoms with Crippen LogP contribution in [0.3, 0.4) is 0 Å². The summed E-state index contributed by atoms with van der Waals surface area (Å²) in [7, 11) is -29.1. The van der Waals surface area contributed by atoms with E-state index in [9.17, 15) is 125 Å². The van der Waals surface area contributed by atoms with Crippen LogP contribution in [0.4, 0.5) is 0 Å². The normalized spacial score (nSPS) is 32.9. The minimum Gasteiger partial charge on any atom is -0.479 e. The monoisotopic (exact) mass is 1400 g/mol. The first-order valence-electron chi connectivity index (χ1n) is 24.2. The number of benzene rings is 1. The van der Waals surface area contributed by atoms with Crippen LogP contribution >= 0.6 is 0 Å². The number of aromatic carboxylic acids is 2. The van der Waals surface area contributed by atoms with Gasteiger partial charge in [0, 0.05) is 17.7 Å². The Kier molecular flexibility index (Phi) is 23.3. The minimum atomic E-state index is -6.09. The summed E-state index contributed by atoms with van der Waals surface area (Å²) in [6.45, 7) is -2.24. The fraction of sp³-hybridized carbons (Fsp3) is 0.575. The van der Waals surface area contributed by atoms with Crippen molar-refractivity contribution in [1.82, 2.24) is 20.0 Å². The van der Waals surface area contributed by atoms with Gasteiger partial charge < -0.3 is 89.5 Å². The Morgan fingerprint density at radius 2 is 0.944 bits per heavy atom. The average molecular weight is 1400 g/mol. The van der Waals surface area contributed by atoms with Crippen molar-refractivity contribution in [2.24, 2.45) is 0 Å². The van der Waals surface area contributed by atoms with E-state index >= 15 is 0 Å². The first-order chi connectivity index (χ1) is 41.4. The highest BCUT2D eigenvalue weighted by molar-refractivity contribution is 7.83. The van der Waals surface area contributed by atoms with Crippen LogP contribution in [0.15, 0.2) is 36.4 Å². The molecule has 4 saturated heterocycles. The molecule has 1 aromatic carbocycles. The highest BCUT2D eigenvalue weighted by Gasteiger charge is 2.60. The van der Waals surface area contributed by atoms with Gasteiger partial charge in [-0.15, -0.1) is 0 Å². The lowest BCUT2D eigenvalue weighted by atomic mass is 9.94. The number of hydrogen-bond acceptors (Lipinski definition) is 34. The van der Waals surface area contributed by atoms with Gasteiger partial charge in [0.25, 0.3) is 0 Å². The molecule has 4 aliphatic rings. The number of pyridine rings is 2. The molecule has 6 heterocycles. The number of hydrogen-bond donors (Lipinski definition) is 17. The van der Waals surface area contributed by atoms with E-state index in [0.717, 1.165) is 6.92 Å². The minimum absolute atomic E-state index is 0.104. The molecule has 4 fully saturated rings. The van der Waals surface area contributed by atoms with Crippen LogP contribution < -0.4 is 10.0 Å². The summed E-state index contributed by atoms with van der Waals surface area (Å²) in [5.74, 6) is -7.77. The Morgan fingerprint density at radius 1 is 0.500 bits per heavy atom. The SMILES string of the molecule is CC(=O)N[C@@H]1[C@@H](O)[C@H](O[C@@H]2O[C@H](C(=O)O)[C@@H](O[C@@H]3O[C@H](CO)[C@@H](O[C@H]4O[C@@H](C(=O)O)[C@H](O)[C@@H](O)[C@@H]4OS(=O)(=O)O)[C@H](OS(=O)(=O)O)[C@H]3NS(=O)(=O)O)[C@H](O)[C@H]2OS(=O)(=O)O)[C@H](COS(=O)(=O)O)O[C@H]1O.O=C(O)c1ccc2ccc3ccc(C(=O)O)nc3c2n1. The van der Waals surface area contributed by atoms with E-state index in [4.69, 9.17) is 47.9 Å². The van der Waals surface area contributed by atoms with Crippen LogP contribution in [0, 0.1) is 0 Å². The number of fused-ring (bicyclic) bond motifs is 3. The number of carboxylic acids is 4. The summed E-state index contributed by atoms with van der Waals surface area (Å²) < 4.78 is 222. The lowest BCUT2D eigenvalue weighted by Crippen LogP contribution is -2.71. The molecule has 0 radical (unpaired) electrons. The number of carbonyl (C=O) groups excluding carboxylic acids is 1. The number of rotatable bonds is 23. The molecule has 0 unspecified atom stereocenters. The summed E-state index contributed by atoms with van der Waals surface area (Å²) in [4.78, 5) is 66.5. The largest absolute Gasteiger partial charge is 0.479 e. The van der Waals surface area contributed by atoms with E-state index in [1.807, 2.05) is 5.32 Å². The second kappa shape index (κ2) is 28.6. The number of aliphatic hydroxyl groups is 6. The molecule has 0 aliphatic carbocycles. The van der Waals surface area contributed by atoms with Gasteiger partial charge in [0.2, 0.25) is 5.91 Å². The molecule has 20 atom stereocenters. The van der Waals surface area contributed by atoms with E-state index in [1.54, 1.807) is 24.3 Å². The summed E-state index contributed by atoms with van der Waals surface area (Å²) in [6, 6.07) is 4.67. The maximum Gasteiger partial charge on any atom is 0.397 e. The highest BCUT2D eigenvalue weighted by Crippen LogP contribution is 2.38. The predicted octanol–water partition coefficient (Wildman–Crippen LogP) is -8.53. The van der Waals surface area contributed by atoms with E-state index in [-0.39, 0.29) is 11.4 Å². The molecule has 2 aromatic heterocycles. The molecule has 50 heteroatoms. The van der Waals surface area contributed by atoms with Gasteiger partial charge in [0.1, 0.15) is 84.5 Å². The highest BCUT2D eigenvalue weighted by atomic mass is 32.3. The second-order valence-corrected chi connectivity index (χ2v) is 24.2. The van der Waals surface area contributed by atoms with Gasteiger partial charge in [-0.2, -0.15) is 46.8 Å². The van der Waals surface area contributed by atoms with Gasteiger partial charge in [-0.25, -0.2) is 45.9 Å². The van der Waals surface area contributed by atoms with Crippen molar-refractivity contribution in [2.75, 3.05) is 13.2 Å². The lowest BCUT2D eigenvalue weighted by molar-refractivity contribution is -0.366. The molecule has 506 valence electrons. The number of amides is 1. The number of aliphatic carboxylic acids is 2. The average Bonchev–Trinajstić information content (AvgIpc) is 0.789. The van der Waals surface area contributed by atoms with Crippen molar-refractivity contribution in [3.8, 4) is 0 Å². The Balaban J connectivity index is 0.000000538. The Hall–Kier alpha value is -5.78. The molecule has 0 saturated carbocycles. The number of nitrogens with one attached hydrogen (secondary N) is 2. The Bertz CT molecular complexity index is 3680. The molecule has 3 aromatic rings. The third-order valence-electron chi connectivity index (χ3n) is 12.6. The Labute approximate surface area is 502 Å². The lowest BCUT2D eigenvalue weighted by Gasteiger charge is -2.50. The van der Waals surface area contributed by atoms with Crippen LogP contribution in [0.5, 0.6) is 0 Å². The van der Waals surface area contributed by atoms with Crippen molar-refractivity contribution in [1.29, 1.82) is 0 Å². The molecule has 90 heavy (non-hydrogen) atoms. The van der Waals surface area contributed by atoms with Crippen molar-refractivity contribution in [2.45, 2.75) is 130 Å². The maximum atomic E-state index is 12.7. The van der Waals surface area contributed by atoms with Crippen LogP contribution in [0.2, 0.25) is 0 Å². The molecule has 0 spiro atoms. The molecule has 4 aliphatic heterocycles. The quantitative estimate of drug-likeness (QED) is 0.0310. The first kappa shape index (κ1) is 73.3. The third-order valence-corrected chi connectivity index (χ3v) is 15.0. The number of aliphatic hydroxyl groups excluding tert-OH is 6. The summed E-state index contributed by atoms with van der Waals surface area (Å²) >= 11 is 0. The molecule has 7 rings (SSSR count). The molecule has 17 N–H and O–H groups in total. The number of ether oxygens (including phenoxy) is 7. The van der Waals surface area contributed by atoms with E-state index < -0.39 is 218 Å². The van der Waals surface area contributed by atoms with Crippen molar-refractivity contribution in [3.05, 3.63) is 47.8 Å². The van der Waals surface area contributed by atoms with Crippen molar-refractivity contribution >= 4 is 103 Å². The summed E-state index contributed by atoms with van der Waals surface area (Å²) in [6.07, 6.45) is -49.1. The molecular weight excluding hydrogens is 1350 g/mol. The van der Waals surface area contributed by atoms with Crippen molar-refractivity contribution in [3.63, 3.8) is 0 Å². The second-order valence-electron chi connectivity index (χ2n) is 18.8. The number of nitrogens with zero attached hydrogens (tertiary/aromatic N) is 2. The Morgan fingerprint density at radius 3 is 1.38 bits per heavy atom.